The second kappa shape index (κ2) is 8.17. The summed E-state index contributed by atoms with van der Waals surface area (Å²) in [6.07, 6.45) is 1.80. The van der Waals surface area contributed by atoms with Crippen LogP contribution in [0, 0.1) is 20.8 Å². The first-order valence-electron chi connectivity index (χ1n) is 9.14. The lowest BCUT2D eigenvalue weighted by molar-refractivity contribution is 0.372. The van der Waals surface area contributed by atoms with Crippen molar-refractivity contribution in [3.05, 3.63) is 53.1 Å². The van der Waals surface area contributed by atoms with Gasteiger partial charge in [-0.2, -0.15) is 0 Å². The van der Waals surface area contributed by atoms with Crippen molar-refractivity contribution >= 4 is 11.6 Å². The highest BCUT2D eigenvalue weighted by Gasteiger charge is 2.21. The maximum Gasteiger partial charge on any atom is 0.194 e. The van der Waals surface area contributed by atoms with Gasteiger partial charge in [0.05, 0.1) is 12.2 Å². The number of aromatic nitrogens is 2. The Morgan fingerprint density at radius 2 is 1.88 bits per heavy atom. The van der Waals surface area contributed by atoms with Crippen LogP contribution in [0.15, 0.2) is 35.5 Å². The maximum absolute atomic E-state index is 4.45. The van der Waals surface area contributed by atoms with Crippen molar-refractivity contribution in [3.8, 4) is 0 Å². The standard InChI is InChI=1S/C20H28N6/c1-15-6-5-7-19(16(15)2)25-10-12-26(13-11-25)20(21-4)23-14-18-8-9-22-17(3)24-18/h5-9H,10-14H2,1-4H3,(H,21,23). The topological polar surface area (TPSA) is 56.7 Å². The van der Waals surface area contributed by atoms with E-state index < -0.39 is 0 Å². The predicted molar refractivity (Wildman–Crippen MR) is 107 cm³/mol. The number of benzene rings is 1. The lowest BCUT2D eigenvalue weighted by Gasteiger charge is -2.38. The van der Waals surface area contributed by atoms with Crippen LogP contribution in [0.1, 0.15) is 22.6 Å². The Morgan fingerprint density at radius 1 is 1.12 bits per heavy atom. The molecule has 6 nitrogen and oxygen atoms in total. The Kier molecular flexibility index (Phi) is 5.71. The molecule has 0 unspecified atom stereocenters. The Balaban J connectivity index is 1.58. The number of aliphatic imine (C=N–C) groups is 1. The summed E-state index contributed by atoms with van der Waals surface area (Å²) in [5.41, 5.74) is 5.06. The fourth-order valence-corrected chi connectivity index (χ4v) is 3.34. The van der Waals surface area contributed by atoms with E-state index in [0.717, 1.165) is 43.7 Å². The minimum Gasteiger partial charge on any atom is -0.368 e. The summed E-state index contributed by atoms with van der Waals surface area (Å²) in [4.78, 5) is 17.8. The summed E-state index contributed by atoms with van der Waals surface area (Å²) in [5.74, 6) is 1.73. The summed E-state index contributed by atoms with van der Waals surface area (Å²) in [5, 5.41) is 3.42. The van der Waals surface area contributed by atoms with Crippen LogP contribution in [0.2, 0.25) is 0 Å². The number of hydrogen-bond acceptors (Lipinski definition) is 4. The van der Waals surface area contributed by atoms with Crippen LogP contribution < -0.4 is 10.2 Å². The van der Waals surface area contributed by atoms with Crippen molar-refractivity contribution in [1.29, 1.82) is 0 Å². The SMILES string of the molecule is CN=C(NCc1ccnc(C)n1)N1CCN(c2cccc(C)c2C)CC1. The van der Waals surface area contributed by atoms with E-state index in [1.165, 1.54) is 16.8 Å². The Bertz CT molecular complexity index is 778. The molecule has 1 aliphatic heterocycles. The van der Waals surface area contributed by atoms with E-state index in [9.17, 15) is 0 Å². The summed E-state index contributed by atoms with van der Waals surface area (Å²) in [6, 6.07) is 8.48. The first kappa shape index (κ1) is 18.2. The number of guanidine groups is 1. The van der Waals surface area contributed by atoms with Gasteiger partial charge in [0.2, 0.25) is 0 Å². The van der Waals surface area contributed by atoms with Gasteiger partial charge in [-0.3, -0.25) is 4.99 Å². The van der Waals surface area contributed by atoms with Crippen LogP contribution in [0.5, 0.6) is 0 Å². The fraction of sp³-hybridized carbons (Fsp3) is 0.450. The van der Waals surface area contributed by atoms with Gasteiger partial charge in [0, 0.05) is 45.1 Å². The van der Waals surface area contributed by atoms with Crippen LogP contribution in [0.3, 0.4) is 0 Å². The molecule has 1 fully saturated rings. The predicted octanol–water partition coefficient (Wildman–Crippen LogP) is 2.30. The zero-order chi connectivity index (χ0) is 18.5. The molecule has 3 rings (SSSR count). The van der Waals surface area contributed by atoms with Crippen molar-refractivity contribution < 1.29 is 0 Å². The van der Waals surface area contributed by atoms with E-state index in [0.29, 0.717) is 6.54 Å². The monoisotopic (exact) mass is 352 g/mol. The zero-order valence-electron chi connectivity index (χ0n) is 16.2. The third-order valence-corrected chi connectivity index (χ3v) is 4.97. The van der Waals surface area contributed by atoms with Gasteiger partial charge in [-0.25, -0.2) is 9.97 Å². The quantitative estimate of drug-likeness (QED) is 0.678. The van der Waals surface area contributed by atoms with Gasteiger partial charge in [0.25, 0.3) is 0 Å². The zero-order valence-corrected chi connectivity index (χ0v) is 16.2. The van der Waals surface area contributed by atoms with E-state index in [2.05, 4.69) is 62.1 Å². The van der Waals surface area contributed by atoms with Crippen molar-refractivity contribution in [2.45, 2.75) is 27.3 Å². The average molecular weight is 352 g/mol. The number of hydrogen-bond donors (Lipinski definition) is 1. The molecule has 2 aromatic rings. The maximum atomic E-state index is 4.45. The molecule has 1 N–H and O–H groups in total. The van der Waals surface area contributed by atoms with Gasteiger partial charge in [-0.05, 0) is 44.0 Å². The molecule has 1 aromatic heterocycles. The second-order valence-corrected chi connectivity index (χ2v) is 6.69. The van der Waals surface area contributed by atoms with Gasteiger partial charge >= 0.3 is 0 Å². The lowest BCUT2D eigenvalue weighted by Crippen LogP contribution is -2.52. The molecule has 2 heterocycles. The molecule has 26 heavy (non-hydrogen) atoms. The van der Waals surface area contributed by atoms with Gasteiger partial charge in [-0.15, -0.1) is 0 Å². The highest BCUT2D eigenvalue weighted by atomic mass is 15.3. The summed E-state index contributed by atoms with van der Waals surface area (Å²) in [6.45, 7) is 10.9. The van der Waals surface area contributed by atoms with E-state index in [1.807, 2.05) is 20.0 Å². The highest BCUT2D eigenvalue weighted by molar-refractivity contribution is 5.80. The van der Waals surface area contributed by atoms with Crippen LogP contribution in [0.25, 0.3) is 0 Å². The molecule has 0 amide bonds. The minimum atomic E-state index is 0.660. The molecule has 0 bridgehead atoms. The molecule has 0 radical (unpaired) electrons. The van der Waals surface area contributed by atoms with Gasteiger partial charge in [-0.1, -0.05) is 12.1 Å². The number of anilines is 1. The minimum absolute atomic E-state index is 0.660. The second-order valence-electron chi connectivity index (χ2n) is 6.69. The number of aryl methyl sites for hydroxylation is 2. The third-order valence-electron chi connectivity index (χ3n) is 4.97. The summed E-state index contributed by atoms with van der Waals surface area (Å²) in [7, 11) is 1.84. The number of piperazine rings is 1. The Hall–Kier alpha value is -2.63. The van der Waals surface area contributed by atoms with E-state index in [1.54, 1.807) is 6.20 Å². The molecule has 1 saturated heterocycles. The van der Waals surface area contributed by atoms with Crippen LogP contribution >= 0.6 is 0 Å². The average Bonchev–Trinajstić information content (AvgIpc) is 2.65. The van der Waals surface area contributed by atoms with Gasteiger partial charge < -0.3 is 15.1 Å². The molecule has 0 aliphatic carbocycles. The molecule has 6 heteroatoms. The molecule has 1 aliphatic rings. The third kappa shape index (κ3) is 4.12. The number of nitrogens with one attached hydrogen (secondary N) is 1. The fourth-order valence-electron chi connectivity index (χ4n) is 3.34. The first-order chi connectivity index (χ1) is 12.6. The van der Waals surface area contributed by atoms with E-state index in [4.69, 9.17) is 0 Å². The van der Waals surface area contributed by atoms with Gasteiger partial charge in [0.1, 0.15) is 5.82 Å². The normalized spacial score (nSPS) is 15.3. The molecule has 0 saturated carbocycles. The van der Waals surface area contributed by atoms with Crippen molar-refractivity contribution in [2.24, 2.45) is 4.99 Å². The summed E-state index contributed by atoms with van der Waals surface area (Å²) >= 11 is 0. The van der Waals surface area contributed by atoms with Crippen LogP contribution in [-0.4, -0.2) is 54.1 Å². The van der Waals surface area contributed by atoms with Crippen LogP contribution in [-0.2, 0) is 6.54 Å². The lowest BCUT2D eigenvalue weighted by atomic mass is 10.1. The van der Waals surface area contributed by atoms with Crippen LogP contribution in [0.4, 0.5) is 5.69 Å². The summed E-state index contributed by atoms with van der Waals surface area (Å²) < 4.78 is 0. The molecule has 0 atom stereocenters. The van der Waals surface area contributed by atoms with Crippen molar-refractivity contribution in [3.63, 3.8) is 0 Å². The Labute approximate surface area is 156 Å². The smallest absolute Gasteiger partial charge is 0.194 e. The van der Waals surface area contributed by atoms with E-state index >= 15 is 0 Å². The Morgan fingerprint density at radius 3 is 2.58 bits per heavy atom. The van der Waals surface area contributed by atoms with Crippen molar-refractivity contribution in [1.82, 2.24) is 20.2 Å². The van der Waals surface area contributed by atoms with Gasteiger partial charge in [0.15, 0.2) is 5.96 Å². The van der Waals surface area contributed by atoms with E-state index in [-0.39, 0.29) is 0 Å². The van der Waals surface area contributed by atoms with Crippen molar-refractivity contribution in [2.75, 3.05) is 38.1 Å². The number of rotatable bonds is 3. The molecule has 138 valence electrons. The largest absolute Gasteiger partial charge is 0.368 e. The molecular formula is C20H28N6. The molecular weight excluding hydrogens is 324 g/mol. The first-order valence-corrected chi connectivity index (χ1v) is 9.14. The molecule has 0 spiro atoms. The molecule has 1 aromatic carbocycles. The number of nitrogens with zero attached hydrogens (tertiary/aromatic N) is 5. The highest BCUT2D eigenvalue weighted by Crippen LogP contribution is 2.23.